The van der Waals surface area contributed by atoms with Crippen molar-refractivity contribution < 1.29 is 4.39 Å². The summed E-state index contributed by atoms with van der Waals surface area (Å²) in [4.78, 5) is 7.91. The van der Waals surface area contributed by atoms with Crippen LogP contribution in [-0.4, -0.2) is 5.11 Å². The van der Waals surface area contributed by atoms with E-state index in [9.17, 15) is 4.39 Å². The van der Waals surface area contributed by atoms with Crippen molar-refractivity contribution in [3.8, 4) is 0 Å². The quantitative estimate of drug-likeness (QED) is 0.584. The van der Waals surface area contributed by atoms with Crippen LogP contribution in [0, 0.1) is 0 Å². The Morgan fingerprint density at radius 1 is 1.33 bits per heavy atom. The number of hydrogen-bond acceptors (Lipinski definition) is 1. The summed E-state index contributed by atoms with van der Waals surface area (Å²) in [5.74, 6) is 0. The van der Waals surface area contributed by atoms with Gasteiger partial charge in [0.15, 0.2) is 0 Å². The molecule has 4 heteroatoms. The first-order valence-electron chi connectivity index (χ1n) is 3.46. The molecule has 1 aliphatic rings. The Morgan fingerprint density at radius 3 is 2.92 bits per heavy atom. The molecule has 0 amide bonds. The molecule has 60 valence electrons. The zero-order valence-corrected chi connectivity index (χ0v) is 6.94. The molecule has 1 heterocycles. The van der Waals surface area contributed by atoms with Gasteiger partial charge in [-0.15, -0.1) is 0 Å². The maximum atomic E-state index is 12.4. The van der Waals surface area contributed by atoms with Crippen LogP contribution in [0.3, 0.4) is 0 Å². The van der Waals surface area contributed by atoms with E-state index in [2.05, 4.69) is 9.98 Å². The fourth-order valence-electron chi connectivity index (χ4n) is 1.13. The molecule has 0 saturated carbocycles. The minimum absolute atomic E-state index is 0.283. The lowest BCUT2D eigenvalue weighted by molar-refractivity contribution is 0.482. The van der Waals surface area contributed by atoms with E-state index in [1.54, 1.807) is 18.2 Å². The summed E-state index contributed by atoms with van der Waals surface area (Å²) in [6, 6.07) is 5.21. The first-order valence-corrected chi connectivity index (χ1v) is 3.87. The second kappa shape index (κ2) is 2.71. The van der Waals surface area contributed by atoms with Gasteiger partial charge < -0.3 is 0 Å². The van der Waals surface area contributed by atoms with Crippen LogP contribution in [0.5, 0.6) is 0 Å². The Morgan fingerprint density at radius 2 is 2.17 bits per heavy atom. The highest BCUT2D eigenvalue weighted by molar-refractivity contribution is 7.80. The van der Waals surface area contributed by atoms with Gasteiger partial charge in [-0.25, -0.2) is 14.4 Å². The Hall–Kier alpha value is -1.16. The Labute approximate surface area is 73.5 Å². The number of rotatable bonds is 1. The molecular formula is C8H5FN2S. The van der Waals surface area contributed by atoms with Gasteiger partial charge in [0.25, 0.3) is 0 Å². The van der Waals surface area contributed by atoms with Crippen LogP contribution < -0.4 is 10.7 Å². The number of benzene rings is 1. The second-order valence-electron chi connectivity index (χ2n) is 2.42. The molecule has 0 unspecified atom stereocenters. The summed E-state index contributed by atoms with van der Waals surface area (Å²) in [6.07, 6.45) is 0. The van der Waals surface area contributed by atoms with E-state index in [1.165, 1.54) is 0 Å². The van der Waals surface area contributed by atoms with Crippen molar-refractivity contribution in [3.63, 3.8) is 0 Å². The van der Waals surface area contributed by atoms with E-state index in [-0.39, 0.29) is 5.11 Å². The summed E-state index contributed by atoms with van der Waals surface area (Å²) in [5.41, 5.74) is 0.552. The van der Waals surface area contributed by atoms with Crippen LogP contribution in [0.2, 0.25) is 0 Å². The van der Waals surface area contributed by atoms with Gasteiger partial charge in [0.1, 0.15) is 6.67 Å². The van der Waals surface area contributed by atoms with Crippen LogP contribution in [0.4, 0.5) is 4.39 Å². The van der Waals surface area contributed by atoms with Gasteiger partial charge in [-0.05, 0) is 18.3 Å². The third-order valence-electron chi connectivity index (χ3n) is 1.67. The van der Waals surface area contributed by atoms with Gasteiger partial charge in [0.2, 0.25) is 5.11 Å². The van der Waals surface area contributed by atoms with E-state index < -0.39 is 6.67 Å². The molecule has 0 bridgehead atoms. The molecule has 0 N–H and O–H groups in total. The van der Waals surface area contributed by atoms with Crippen LogP contribution in [-0.2, 0) is 6.67 Å². The van der Waals surface area contributed by atoms with Crippen molar-refractivity contribution in [3.05, 3.63) is 34.5 Å². The monoisotopic (exact) mass is 180 g/mol. The fraction of sp³-hybridized carbons (Fsp3) is 0.125. The highest BCUT2D eigenvalue weighted by atomic mass is 32.1. The molecular weight excluding hydrogens is 175 g/mol. The van der Waals surface area contributed by atoms with Gasteiger partial charge in [-0.2, -0.15) is 0 Å². The normalized spacial score (nSPS) is 13.6. The molecule has 1 aliphatic heterocycles. The number of halogens is 1. The summed E-state index contributed by atoms with van der Waals surface area (Å²) in [5, 5.41) is 1.55. The third kappa shape index (κ3) is 1.04. The SMILES string of the molecule is FCc1cccc2c1=NC(=S)N=2. The topological polar surface area (TPSA) is 24.7 Å². The zero-order chi connectivity index (χ0) is 8.55. The fourth-order valence-corrected chi connectivity index (χ4v) is 1.32. The van der Waals surface area contributed by atoms with Crippen LogP contribution in [0.1, 0.15) is 5.56 Å². The summed E-state index contributed by atoms with van der Waals surface area (Å²) < 4.78 is 12.4. The van der Waals surface area contributed by atoms with Crippen molar-refractivity contribution in [1.29, 1.82) is 0 Å². The number of thiocarbonyl (C=S) groups is 1. The number of hydrogen-bond donors (Lipinski definition) is 0. The summed E-state index contributed by atoms with van der Waals surface area (Å²) >= 11 is 4.78. The van der Waals surface area contributed by atoms with Crippen molar-refractivity contribution in [1.82, 2.24) is 0 Å². The van der Waals surface area contributed by atoms with E-state index in [0.29, 0.717) is 16.3 Å². The largest absolute Gasteiger partial charge is 0.246 e. The zero-order valence-electron chi connectivity index (χ0n) is 6.12. The Bertz CT molecular complexity index is 453. The molecule has 0 spiro atoms. The minimum Gasteiger partial charge on any atom is -0.246 e. The second-order valence-corrected chi connectivity index (χ2v) is 2.79. The van der Waals surface area contributed by atoms with Crippen molar-refractivity contribution in [2.75, 3.05) is 0 Å². The van der Waals surface area contributed by atoms with Gasteiger partial charge in [-0.1, -0.05) is 12.1 Å². The Kier molecular flexibility index (Phi) is 1.69. The maximum Gasteiger partial charge on any atom is 0.220 e. The number of fused-ring (bicyclic) bond motifs is 1. The molecule has 1 aromatic rings. The highest BCUT2D eigenvalue weighted by Gasteiger charge is 2.04. The summed E-state index contributed by atoms with van der Waals surface area (Å²) in [6.45, 7) is -0.523. The van der Waals surface area contributed by atoms with E-state index in [0.717, 1.165) is 0 Å². The van der Waals surface area contributed by atoms with Gasteiger partial charge in [0, 0.05) is 5.56 Å². The molecule has 0 saturated heterocycles. The lowest BCUT2D eigenvalue weighted by Gasteiger charge is -1.89. The average Bonchev–Trinajstić information content (AvgIpc) is 2.44. The molecule has 0 aliphatic carbocycles. The molecule has 0 atom stereocenters. The highest BCUT2D eigenvalue weighted by Crippen LogP contribution is 1.94. The average molecular weight is 180 g/mol. The molecule has 2 rings (SSSR count). The minimum atomic E-state index is -0.523. The third-order valence-corrected chi connectivity index (χ3v) is 1.85. The Balaban J connectivity index is 2.84. The molecule has 0 aromatic heterocycles. The van der Waals surface area contributed by atoms with Crippen LogP contribution >= 0.6 is 12.2 Å². The predicted molar refractivity (Wildman–Crippen MR) is 46.2 cm³/mol. The van der Waals surface area contributed by atoms with E-state index in [4.69, 9.17) is 12.2 Å². The number of para-hydroxylation sites is 1. The molecule has 1 aromatic carbocycles. The lowest BCUT2D eigenvalue weighted by Crippen LogP contribution is -2.24. The standard InChI is InChI=1S/C8H5FN2S/c9-4-5-2-1-3-6-7(5)11-8(12)10-6/h1-3H,4H2. The van der Waals surface area contributed by atoms with E-state index in [1.807, 2.05) is 0 Å². The van der Waals surface area contributed by atoms with Crippen LogP contribution in [0.25, 0.3) is 0 Å². The number of nitrogens with zero attached hydrogens (tertiary/aromatic N) is 2. The van der Waals surface area contributed by atoms with Crippen molar-refractivity contribution in [2.45, 2.75) is 6.67 Å². The first-order chi connectivity index (χ1) is 5.81. The first kappa shape index (κ1) is 7.49. The summed E-state index contributed by atoms with van der Waals surface area (Å²) in [7, 11) is 0. The molecule has 12 heavy (non-hydrogen) atoms. The van der Waals surface area contributed by atoms with Gasteiger partial charge >= 0.3 is 0 Å². The van der Waals surface area contributed by atoms with Gasteiger partial charge in [0.05, 0.1) is 10.7 Å². The molecule has 0 fully saturated rings. The smallest absolute Gasteiger partial charge is 0.220 e. The predicted octanol–water partition coefficient (Wildman–Crippen LogP) is 0.694. The van der Waals surface area contributed by atoms with Crippen LogP contribution in [0.15, 0.2) is 28.2 Å². The molecule has 2 nitrogen and oxygen atoms in total. The van der Waals surface area contributed by atoms with E-state index >= 15 is 0 Å². The lowest BCUT2D eigenvalue weighted by atomic mass is 10.2. The maximum absolute atomic E-state index is 12.4. The van der Waals surface area contributed by atoms with Crippen molar-refractivity contribution in [2.24, 2.45) is 9.98 Å². The number of alkyl halides is 1. The van der Waals surface area contributed by atoms with Gasteiger partial charge in [-0.3, -0.25) is 0 Å². The van der Waals surface area contributed by atoms with Crippen molar-refractivity contribution >= 4 is 17.3 Å². The molecule has 0 radical (unpaired) electrons.